The van der Waals surface area contributed by atoms with Crippen molar-refractivity contribution in [2.24, 2.45) is 0 Å². The van der Waals surface area contributed by atoms with Crippen LogP contribution in [0.3, 0.4) is 0 Å². The van der Waals surface area contributed by atoms with E-state index in [4.69, 9.17) is 0 Å². The van der Waals surface area contributed by atoms with E-state index in [1.54, 1.807) is 24.5 Å². The predicted molar refractivity (Wildman–Crippen MR) is 46.1 cm³/mol. The molecule has 3 heteroatoms. The normalized spacial score (nSPS) is 7.38. The third-order valence-corrected chi connectivity index (χ3v) is 1.03. The van der Waals surface area contributed by atoms with Crippen molar-refractivity contribution in [3.8, 4) is 0 Å². The molecule has 2 aromatic rings. The molecule has 0 amide bonds. The van der Waals surface area contributed by atoms with Crippen LogP contribution in [-0.4, -0.2) is 9.97 Å². The summed E-state index contributed by atoms with van der Waals surface area (Å²) < 4.78 is 0. The van der Waals surface area contributed by atoms with Gasteiger partial charge >= 0.3 is 19.5 Å². The number of rotatable bonds is 0. The standard InChI is InChI=1S/2C5H4N.Ru/c2*1-2-4-6-5-3-1;/h2*1-4H;/q2*-1;+2. The molecule has 0 N–H and O–H groups in total. The zero-order valence-electron chi connectivity index (χ0n) is 6.87. The van der Waals surface area contributed by atoms with Crippen molar-refractivity contribution < 1.29 is 19.5 Å². The van der Waals surface area contributed by atoms with Gasteiger partial charge in [0.25, 0.3) is 0 Å². The van der Waals surface area contributed by atoms with Gasteiger partial charge in [0.15, 0.2) is 0 Å². The largest absolute Gasteiger partial charge is 2.00 e. The summed E-state index contributed by atoms with van der Waals surface area (Å²) in [5.41, 5.74) is 0. The van der Waals surface area contributed by atoms with Gasteiger partial charge in [-0.1, -0.05) is 24.8 Å². The van der Waals surface area contributed by atoms with Crippen LogP contribution < -0.4 is 0 Å². The van der Waals surface area contributed by atoms with E-state index in [-0.39, 0.29) is 19.5 Å². The van der Waals surface area contributed by atoms with Gasteiger partial charge in [0, 0.05) is 0 Å². The summed E-state index contributed by atoms with van der Waals surface area (Å²) in [5, 5.41) is 0. The molecule has 0 bridgehead atoms. The summed E-state index contributed by atoms with van der Waals surface area (Å²) in [6, 6.07) is 11.0. The predicted octanol–water partition coefficient (Wildman–Crippen LogP) is 1.76. The van der Waals surface area contributed by atoms with Crippen molar-refractivity contribution in [1.29, 1.82) is 0 Å². The van der Waals surface area contributed by atoms with Gasteiger partial charge in [0.05, 0.1) is 0 Å². The molecule has 0 radical (unpaired) electrons. The third-order valence-electron chi connectivity index (χ3n) is 1.03. The second-order valence-corrected chi connectivity index (χ2v) is 1.92. The Morgan fingerprint density at radius 1 is 0.692 bits per heavy atom. The molecule has 0 spiro atoms. The Morgan fingerprint density at radius 3 is 1.23 bits per heavy atom. The van der Waals surface area contributed by atoms with Crippen molar-refractivity contribution in [3.63, 3.8) is 0 Å². The van der Waals surface area contributed by atoms with Crippen molar-refractivity contribution in [2.75, 3.05) is 0 Å². The van der Waals surface area contributed by atoms with Gasteiger partial charge in [-0.05, 0) is 0 Å². The first kappa shape index (κ1) is 11.9. The van der Waals surface area contributed by atoms with E-state index in [9.17, 15) is 0 Å². The van der Waals surface area contributed by atoms with Crippen molar-refractivity contribution in [1.82, 2.24) is 9.97 Å². The topological polar surface area (TPSA) is 25.8 Å². The first-order valence-corrected chi connectivity index (χ1v) is 3.54. The minimum Gasteiger partial charge on any atom is -0.394 e. The number of hydrogen-bond donors (Lipinski definition) is 0. The number of nitrogens with zero attached hydrogens (tertiary/aromatic N) is 2. The smallest absolute Gasteiger partial charge is 0.394 e. The molecule has 0 saturated heterocycles. The monoisotopic (exact) mass is 258 g/mol. The number of hydrogen-bond acceptors (Lipinski definition) is 2. The Kier molecular flexibility index (Phi) is 8.27. The third kappa shape index (κ3) is 7.29. The Balaban J connectivity index is 0.000000206. The van der Waals surface area contributed by atoms with E-state index >= 15 is 0 Å². The zero-order chi connectivity index (χ0) is 8.49. The van der Waals surface area contributed by atoms with Crippen molar-refractivity contribution in [3.05, 3.63) is 61.2 Å². The summed E-state index contributed by atoms with van der Waals surface area (Å²) in [4.78, 5) is 7.32. The molecule has 0 saturated carbocycles. The Labute approximate surface area is 90.8 Å². The Morgan fingerprint density at radius 2 is 1.15 bits per heavy atom. The van der Waals surface area contributed by atoms with Crippen LogP contribution in [0.25, 0.3) is 0 Å². The molecule has 0 aliphatic carbocycles. The molecule has 0 atom stereocenters. The Hall–Kier alpha value is -1.08. The Bertz CT molecular complexity index is 188. The molecule has 0 aromatic carbocycles. The van der Waals surface area contributed by atoms with Crippen LogP contribution in [0.1, 0.15) is 0 Å². The zero-order valence-corrected chi connectivity index (χ0v) is 8.60. The van der Waals surface area contributed by atoms with Crippen LogP contribution in [0.15, 0.2) is 48.8 Å². The molecule has 0 unspecified atom stereocenters. The summed E-state index contributed by atoms with van der Waals surface area (Å²) in [5.74, 6) is 0. The molecule has 13 heavy (non-hydrogen) atoms. The summed E-state index contributed by atoms with van der Waals surface area (Å²) in [6.45, 7) is 0. The summed E-state index contributed by atoms with van der Waals surface area (Å²) in [6.07, 6.45) is 8.67. The molecule has 2 aromatic heterocycles. The minimum atomic E-state index is 0. The van der Waals surface area contributed by atoms with Crippen LogP contribution in [-0.2, 0) is 19.5 Å². The number of aromatic nitrogens is 2. The van der Waals surface area contributed by atoms with Gasteiger partial charge in [-0.15, -0.1) is 0 Å². The van der Waals surface area contributed by atoms with Gasteiger partial charge < -0.3 is 9.97 Å². The van der Waals surface area contributed by atoms with Crippen LogP contribution in [0.5, 0.6) is 0 Å². The van der Waals surface area contributed by atoms with E-state index in [2.05, 4.69) is 22.4 Å². The maximum Gasteiger partial charge on any atom is 2.00 e. The fraction of sp³-hybridized carbons (Fsp3) is 0. The second kappa shape index (κ2) is 9.01. The molecular formula is C10H8N2Ru. The molecule has 2 nitrogen and oxygen atoms in total. The maximum absolute atomic E-state index is 3.66. The van der Waals surface area contributed by atoms with Gasteiger partial charge in [0.2, 0.25) is 0 Å². The van der Waals surface area contributed by atoms with Gasteiger partial charge in [0.1, 0.15) is 0 Å². The van der Waals surface area contributed by atoms with Gasteiger partial charge in [-0.25, -0.2) is 0 Å². The fourth-order valence-corrected chi connectivity index (χ4v) is 0.555. The minimum absolute atomic E-state index is 0. The van der Waals surface area contributed by atoms with Gasteiger partial charge in [-0.2, -0.15) is 36.4 Å². The quantitative estimate of drug-likeness (QED) is 0.531. The molecule has 2 heterocycles. The van der Waals surface area contributed by atoms with Crippen LogP contribution in [0.2, 0.25) is 0 Å². The molecule has 2 rings (SSSR count). The van der Waals surface area contributed by atoms with Gasteiger partial charge in [-0.3, -0.25) is 0 Å². The van der Waals surface area contributed by atoms with Crippen LogP contribution >= 0.6 is 0 Å². The van der Waals surface area contributed by atoms with Crippen molar-refractivity contribution >= 4 is 0 Å². The van der Waals surface area contributed by atoms with E-state index in [0.29, 0.717) is 0 Å². The maximum atomic E-state index is 3.66. The first-order chi connectivity index (χ1) is 6.00. The average molecular weight is 257 g/mol. The fourth-order valence-electron chi connectivity index (χ4n) is 0.555. The summed E-state index contributed by atoms with van der Waals surface area (Å²) >= 11 is 0. The SMILES string of the molecule is [Ru+2].[c-]1ccccn1.[c-]1ccccn1. The second-order valence-electron chi connectivity index (χ2n) is 1.92. The van der Waals surface area contributed by atoms with E-state index in [1.165, 1.54) is 0 Å². The molecule has 66 valence electrons. The van der Waals surface area contributed by atoms with E-state index in [0.717, 1.165) is 0 Å². The molecule has 0 aliphatic rings. The van der Waals surface area contributed by atoms with E-state index in [1.807, 2.05) is 24.3 Å². The molecule has 0 fully saturated rings. The van der Waals surface area contributed by atoms with E-state index < -0.39 is 0 Å². The van der Waals surface area contributed by atoms with Crippen LogP contribution in [0.4, 0.5) is 0 Å². The van der Waals surface area contributed by atoms with Crippen LogP contribution in [0, 0.1) is 12.4 Å². The average Bonchev–Trinajstić information content (AvgIpc) is 2.24. The molecular weight excluding hydrogens is 249 g/mol. The van der Waals surface area contributed by atoms with Crippen molar-refractivity contribution in [2.45, 2.75) is 0 Å². The number of pyridine rings is 2. The first-order valence-electron chi connectivity index (χ1n) is 3.54. The molecule has 0 aliphatic heterocycles. The summed E-state index contributed by atoms with van der Waals surface area (Å²) in [7, 11) is 0.